The molecule has 5 saturated carbocycles. The van der Waals surface area contributed by atoms with Crippen molar-refractivity contribution in [2.24, 2.45) is 46.3 Å². The van der Waals surface area contributed by atoms with E-state index < -0.39 is 11.6 Å². The second kappa shape index (κ2) is 14.0. The van der Waals surface area contributed by atoms with Gasteiger partial charge >= 0.3 is 17.9 Å². The Morgan fingerprint density at radius 2 is 1.49 bits per heavy atom. The number of hydrogen-bond donors (Lipinski definition) is 0. The maximum absolute atomic E-state index is 12.7. The standard InChI is InChI=1S/C41H58O10/c1-25(12-15-36(44)45-6)31-13-14-32-37-33(23-35(39(31,32)5)47-27(3)43)38(4)20-21-41(24-30(38)22-34(37)46-26(2)42)50-48-40(49-51-41)18-16-29(17-19-40)28-10-8-7-9-11-28/h7-11,25,29-35,37H,12-24H2,1-6H3/t25?,29?,30-,31-,32?,33?,34-,35+,37?,38+,39-,40?,41?/m1/s1. The lowest BCUT2D eigenvalue weighted by molar-refractivity contribution is -0.665. The van der Waals surface area contributed by atoms with Crippen molar-refractivity contribution in [1.29, 1.82) is 0 Å². The number of carbonyl (C=O) groups is 3. The number of benzene rings is 1. The van der Waals surface area contributed by atoms with Gasteiger partial charge in [0.15, 0.2) is 0 Å². The smallest absolute Gasteiger partial charge is 0.305 e. The Bertz CT molecular complexity index is 1430. The van der Waals surface area contributed by atoms with E-state index in [1.54, 1.807) is 0 Å². The molecule has 5 aliphatic carbocycles. The maximum Gasteiger partial charge on any atom is 0.305 e. The average molecular weight is 711 g/mol. The molecule has 6 aliphatic rings. The molecule has 1 heterocycles. The highest BCUT2D eigenvalue weighted by Gasteiger charge is 2.69. The molecule has 10 heteroatoms. The van der Waals surface area contributed by atoms with Crippen LogP contribution >= 0.6 is 0 Å². The molecular formula is C41H58O10. The van der Waals surface area contributed by atoms with E-state index in [0.717, 1.165) is 38.5 Å². The molecule has 0 amide bonds. The van der Waals surface area contributed by atoms with Crippen LogP contribution in [0.25, 0.3) is 0 Å². The Balaban J connectivity index is 1.10. The molecule has 282 valence electrons. The van der Waals surface area contributed by atoms with Gasteiger partial charge in [-0.15, -0.1) is 0 Å². The van der Waals surface area contributed by atoms with E-state index in [1.807, 2.05) is 6.07 Å². The summed E-state index contributed by atoms with van der Waals surface area (Å²) < 4.78 is 17.5. The largest absolute Gasteiger partial charge is 0.469 e. The molecule has 0 bridgehead atoms. The number of hydrogen-bond acceptors (Lipinski definition) is 10. The quantitative estimate of drug-likeness (QED) is 0.157. The van der Waals surface area contributed by atoms with Gasteiger partial charge in [-0.2, -0.15) is 19.6 Å². The van der Waals surface area contributed by atoms with Gasteiger partial charge in [0.1, 0.15) is 12.2 Å². The first kappa shape index (κ1) is 36.8. The third-order valence-electron chi connectivity index (χ3n) is 14.9. The lowest BCUT2D eigenvalue weighted by atomic mass is 9.42. The minimum absolute atomic E-state index is 0.102. The zero-order valence-corrected chi connectivity index (χ0v) is 31.4. The van der Waals surface area contributed by atoms with Crippen molar-refractivity contribution >= 4 is 17.9 Å². The molecule has 1 aromatic carbocycles. The van der Waals surface area contributed by atoms with E-state index in [9.17, 15) is 14.4 Å². The van der Waals surface area contributed by atoms with Gasteiger partial charge in [0.05, 0.1) is 7.11 Å². The minimum atomic E-state index is -1.04. The summed E-state index contributed by atoms with van der Waals surface area (Å²) in [5.41, 5.74) is 0.896. The lowest BCUT2D eigenvalue weighted by Gasteiger charge is -2.65. The first-order valence-electron chi connectivity index (χ1n) is 19.5. The SMILES string of the molecule is COC(=O)CCC(C)[C@H]1CCC2C3C(C[C@H](OC(C)=O)[C@@]21C)[C@@]1(C)CCC2(C[C@H]1C[C@H]3OC(C)=O)OOC1(CCC(c3ccccc3)CC1)OO2. The van der Waals surface area contributed by atoms with Crippen LogP contribution in [0.15, 0.2) is 30.3 Å². The minimum Gasteiger partial charge on any atom is -0.469 e. The number of carbonyl (C=O) groups excluding carboxylic acids is 3. The zero-order chi connectivity index (χ0) is 36.2. The third-order valence-corrected chi connectivity index (χ3v) is 14.9. The van der Waals surface area contributed by atoms with Crippen molar-refractivity contribution < 1.29 is 48.1 Å². The van der Waals surface area contributed by atoms with Crippen LogP contribution in [-0.4, -0.2) is 48.8 Å². The van der Waals surface area contributed by atoms with Crippen LogP contribution in [0.2, 0.25) is 0 Å². The van der Waals surface area contributed by atoms with Gasteiger partial charge in [0.2, 0.25) is 11.6 Å². The Kier molecular flexibility index (Phi) is 10.1. The fourth-order valence-electron chi connectivity index (χ4n) is 12.2. The van der Waals surface area contributed by atoms with E-state index in [0.29, 0.717) is 50.9 Å². The van der Waals surface area contributed by atoms with Crippen molar-refractivity contribution in [3.05, 3.63) is 35.9 Å². The Morgan fingerprint density at radius 1 is 0.824 bits per heavy atom. The molecular weight excluding hydrogens is 652 g/mol. The van der Waals surface area contributed by atoms with Gasteiger partial charge in [0.25, 0.3) is 0 Å². The van der Waals surface area contributed by atoms with Crippen LogP contribution in [0, 0.1) is 46.3 Å². The van der Waals surface area contributed by atoms with Gasteiger partial charge in [-0.05, 0) is 97.9 Å². The predicted octanol–water partition coefficient (Wildman–Crippen LogP) is 7.98. The van der Waals surface area contributed by atoms with E-state index in [4.69, 9.17) is 33.8 Å². The van der Waals surface area contributed by atoms with Gasteiger partial charge < -0.3 is 14.2 Å². The number of rotatable bonds is 7. The number of ether oxygens (including phenoxy) is 3. The molecule has 4 unspecified atom stereocenters. The molecule has 0 radical (unpaired) electrons. The van der Waals surface area contributed by atoms with Gasteiger partial charge in [-0.3, -0.25) is 14.4 Å². The molecule has 1 aromatic rings. The van der Waals surface area contributed by atoms with Crippen molar-refractivity contribution in [2.45, 2.75) is 148 Å². The van der Waals surface area contributed by atoms with E-state index in [-0.39, 0.29) is 76.5 Å². The van der Waals surface area contributed by atoms with Gasteiger partial charge in [-0.1, -0.05) is 51.1 Å². The molecule has 1 aliphatic heterocycles. The molecule has 10 nitrogen and oxygen atoms in total. The summed E-state index contributed by atoms with van der Waals surface area (Å²) in [5.74, 6) is -1.16. The highest BCUT2D eigenvalue weighted by Crippen LogP contribution is 2.70. The fraction of sp³-hybridized carbons (Fsp3) is 0.780. The summed E-state index contributed by atoms with van der Waals surface area (Å²) in [7, 11) is 1.43. The van der Waals surface area contributed by atoms with Crippen LogP contribution < -0.4 is 0 Å². The third kappa shape index (κ3) is 6.65. The molecule has 51 heavy (non-hydrogen) atoms. The number of fused-ring (bicyclic) bond motifs is 5. The monoisotopic (exact) mass is 710 g/mol. The van der Waals surface area contributed by atoms with E-state index >= 15 is 0 Å². The molecule has 7 rings (SSSR count). The van der Waals surface area contributed by atoms with Crippen LogP contribution in [-0.2, 0) is 48.1 Å². The second-order valence-corrected chi connectivity index (χ2v) is 17.4. The number of methoxy groups -OCH3 is 1. The number of esters is 3. The normalized spacial score (nSPS) is 43.7. The van der Waals surface area contributed by atoms with Crippen molar-refractivity contribution in [3.63, 3.8) is 0 Å². The lowest BCUT2D eigenvalue weighted by Crippen LogP contribution is -2.65. The fourth-order valence-corrected chi connectivity index (χ4v) is 12.2. The Morgan fingerprint density at radius 3 is 2.14 bits per heavy atom. The van der Waals surface area contributed by atoms with Crippen molar-refractivity contribution in [2.75, 3.05) is 7.11 Å². The van der Waals surface area contributed by atoms with Crippen LogP contribution in [0.4, 0.5) is 0 Å². The summed E-state index contributed by atoms with van der Waals surface area (Å²) in [6, 6.07) is 10.6. The summed E-state index contributed by atoms with van der Waals surface area (Å²) in [4.78, 5) is 62.4. The molecule has 0 aromatic heterocycles. The molecule has 6 fully saturated rings. The van der Waals surface area contributed by atoms with E-state index in [1.165, 1.54) is 26.5 Å². The molecule has 1 saturated heterocycles. The molecule has 0 N–H and O–H groups in total. The molecule has 10 atom stereocenters. The summed E-state index contributed by atoms with van der Waals surface area (Å²) in [6.45, 7) is 9.90. The maximum atomic E-state index is 12.7. The van der Waals surface area contributed by atoms with Crippen LogP contribution in [0.3, 0.4) is 0 Å². The first-order valence-corrected chi connectivity index (χ1v) is 19.5. The topological polar surface area (TPSA) is 116 Å². The van der Waals surface area contributed by atoms with Crippen LogP contribution in [0.1, 0.15) is 130 Å². The van der Waals surface area contributed by atoms with Gasteiger partial charge in [0, 0.05) is 57.3 Å². The second-order valence-electron chi connectivity index (χ2n) is 17.4. The first-order chi connectivity index (χ1) is 24.3. The Labute approximate surface area is 302 Å². The van der Waals surface area contributed by atoms with E-state index in [2.05, 4.69) is 45.0 Å². The summed E-state index contributed by atoms with van der Waals surface area (Å²) >= 11 is 0. The summed E-state index contributed by atoms with van der Waals surface area (Å²) in [6.07, 6.45) is 9.06. The predicted molar refractivity (Wildman–Crippen MR) is 185 cm³/mol. The van der Waals surface area contributed by atoms with Crippen LogP contribution in [0.5, 0.6) is 0 Å². The summed E-state index contributed by atoms with van der Waals surface area (Å²) in [5, 5.41) is 0. The highest BCUT2D eigenvalue weighted by atomic mass is 17.4. The zero-order valence-electron chi connectivity index (χ0n) is 31.4. The highest BCUT2D eigenvalue weighted by molar-refractivity contribution is 5.69. The molecule has 2 spiro atoms. The van der Waals surface area contributed by atoms with Crippen molar-refractivity contribution in [3.8, 4) is 0 Å². The van der Waals surface area contributed by atoms with Crippen molar-refractivity contribution in [1.82, 2.24) is 0 Å². The van der Waals surface area contributed by atoms with Gasteiger partial charge in [-0.25, -0.2) is 0 Å². The average Bonchev–Trinajstić information content (AvgIpc) is 3.48. The Hall–Kier alpha value is -2.53.